The number of benzene rings is 8. The summed E-state index contributed by atoms with van der Waals surface area (Å²) in [5.74, 6) is 2.90. The number of nitrogens with zero attached hydrogens (tertiary/aromatic N) is 1. The molecule has 0 heterocycles. The minimum absolute atomic E-state index is 0.193. The van der Waals surface area contributed by atoms with Crippen molar-refractivity contribution in [3.63, 3.8) is 0 Å². The number of hydrogen-bond donors (Lipinski definition) is 0. The van der Waals surface area contributed by atoms with E-state index in [1.807, 2.05) is 0 Å². The largest absolute Gasteiger partial charge is 0.310 e. The van der Waals surface area contributed by atoms with Gasteiger partial charge in [-0.05, 0) is 171 Å². The lowest BCUT2D eigenvalue weighted by Crippen LogP contribution is -2.48. The number of anilines is 3. The Morgan fingerprint density at radius 1 is 0.468 bits per heavy atom. The fraction of sp³-hybridized carbons (Fsp3) is 0.246. The van der Waals surface area contributed by atoms with Crippen LogP contribution in [0.5, 0.6) is 0 Å². The summed E-state index contributed by atoms with van der Waals surface area (Å²) in [6.07, 6.45) is 8.23. The highest BCUT2D eigenvalue weighted by atomic mass is 15.1. The van der Waals surface area contributed by atoms with Gasteiger partial charge in [-0.15, -0.1) is 0 Å². The van der Waals surface area contributed by atoms with E-state index in [9.17, 15) is 0 Å². The first-order valence-corrected chi connectivity index (χ1v) is 23.3. The monoisotopic (exact) mass is 801 g/mol. The van der Waals surface area contributed by atoms with E-state index < -0.39 is 5.41 Å². The van der Waals surface area contributed by atoms with Crippen molar-refractivity contribution in [2.24, 2.45) is 17.8 Å². The molecule has 0 atom stereocenters. The van der Waals surface area contributed by atoms with Crippen LogP contribution in [0, 0.1) is 24.7 Å². The molecule has 0 spiro atoms. The van der Waals surface area contributed by atoms with Crippen molar-refractivity contribution < 1.29 is 0 Å². The van der Waals surface area contributed by atoms with Crippen LogP contribution >= 0.6 is 0 Å². The van der Waals surface area contributed by atoms with Crippen molar-refractivity contribution >= 4 is 27.8 Å². The van der Waals surface area contributed by atoms with Crippen LogP contribution in [0.2, 0.25) is 0 Å². The summed E-state index contributed by atoms with van der Waals surface area (Å²) in [4.78, 5) is 2.71. The van der Waals surface area contributed by atoms with Crippen molar-refractivity contribution in [3.8, 4) is 22.3 Å². The van der Waals surface area contributed by atoms with Gasteiger partial charge in [0.1, 0.15) is 0 Å². The second-order valence-corrected chi connectivity index (χ2v) is 19.7. The lowest BCUT2D eigenvalue weighted by molar-refractivity contribution is -0.00491. The molecule has 4 saturated carbocycles. The molecule has 1 heteroatoms. The molecule has 4 bridgehead atoms. The molecule has 0 aromatic heterocycles. The third-order valence-electron chi connectivity index (χ3n) is 15.8. The molecule has 8 aromatic rings. The van der Waals surface area contributed by atoms with Gasteiger partial charge in [0.15, 0.2) is 0 Å². The van der Waals surface area contributed by atoms with Crippen LogP contribution in [0.15, 0.2) is 182 Å². The van der Waals surface area contributed by atoms with Crippen LogP contribution in [-0.4, -0.2) is 0 Å². The molecule has 62 heavy (non-hydrogen) atoms. The topological polar surface area (TPSA) is 3.24 Å². The van der Waals surface area contributed by atoms with Crippen molar-refractivity contribution in [3.05, 3.63) is 221 Å². The number of hydrogen-bond acceptors (Lipinski definition) is 1. The van der Waals surface area contributed by atoms with Gasteiger partial charge in [0, 0.05) is 16.9 Å². The van der Waals surface area contributed by atoms with E-state index in [0.29, 0.717) is 5.92 Å². The van der Waals surface area contributed by atoms with Crippen LogP contribution < -0.4 is 4.90 Å². The van der Waals surface area contributed by atoms with E-state index in [-0.39, 0.29) is 5.41 Å². The maximum atomic E-state index is 2.71. The lowest BCUT2D eigenvalue weighted by atomic mass is 9.48. The van der Waals surface area contributed by atoms with Crippen LogP contribution in [0.25, 0.3) is 33.0 Å². The van der Waals surface area contributed by atoms with Crippen molar-refractivity contribution in [1.29, 1.82) is 0 Å². The highest BCUT2D eigenvalue weighted by Gasteiger charge is 2.53. The third-order valence-corrected chi connectivity index (χ3v) is 15.8. The maximum Gasteiger partial charge on any atom is 0.0714 e. The quantitative estimate of drug-likeness (QED) is 0.148. The first kappa shape index (κ1) is 37.6. The highest BCUT2D eigenvalue weighted by Crippen LogP contribution is 2.63. The molecule has 1 nitrogen and oxygen atoms in total. The van der Waals surface area contributed by atoms with Gasteiger partial charge in [0.25, 0.3) is 0 Å². The van der Waals surface area contributed by atoms with Gasteiger partial charge in [0.2, 0.25) is 0 Å². The zero-order valence-electron chi connectivity index (χ0n) is 36.3. The predicted octanol–water partition coefficient (Wildman–Crippen LogP) is 16.2. The summed E-state index contributed by atoms with van der Waals surface area (Å²) in [6.45, 7) is 6.98. The molecular formula is C61H55N. The fourth-order valence-electron chi connectivity index (χ4n) is 13.7. The SMILES string of the molecule is Cc1cccc2c1-c1ccc(N(c3cc4ccccc4cc3-c3ccccc3C(C)C)c3ccccc3C34CC5CC(CC(C5)C3)C4)cc1C2(c1ccccc1)c1ccccc1. The number of aryl methyl sites for hydroxylation is 1. The molecule has 304 valence electrons. The van der Waals surface area contributed by atoms with Crippen LogP contribution in [0.3, 0.4) is 0 Å². The number of fused-ring (bicyclic) bond motifs is 4. The fourth-order valence-corrected chi connectivity index (χ4v) is 13.7. The Hall–Kier alpha value is -6.18. The molecular weight excluding hydrogens is 747 g/mol. The normalized spacial score (nSPS) is 21.6. The standard InChI is InChI=1S/C61H55N/c1-40(2)50-24-12-13-25-51(50)53-34-45-18-10-11-19-46(45)35-58(53)62(57-28-15-14-26-54(57)60-37-42-31-43(38-60)33-44(32-42)39-60)49-29-30-52-56(36-49)61(47-20-6-4-7-21-47,48-22-8-5-9-23-48)55-27-16-17-41(3)59(52)55/h4-30,34-36,40,42-44H,31-33,37-39H2,1-3H3. The van der Waals surface area contributed by atoms with E-state index >= 15 is 0 Å². The number of para-hydroxylation sites is 1. The Morgan fingerprint density at radius 3 is 1.73 bits per heavy atom. The van der Waals surface area contributed by atoms with E-state index in [1.54, 1.807) is 5.56 Å². The molecule has 8 aromatic carbocycles. The van der Waals surface area contributed by atoms with Gasteiger partial charge in [-0.3, -0.25) is 0 Å². The molecule has 0 aliphatic heterocycles. The molecule has 5 aliphatic carbocycles. The van der Waals surface area contributed by atoms with Crippen LogP contribution in [0.1, 0.15) is 97.2 Å². The maximum absolute atomic E-state index is 2.71. The molecule has 0 N–H and O–H groups in total. The zero-order valence-corrected chi connectivity index (χ0v) is 36.3. The van der Waals surface area contributed by atoms with Gasteiger partial charge in [0.05, 0.1) is 11.1 Å². The van der Waals surface area contributed by atoms with Gasteiger partial charge in [-0.25, -0.2) is 0 Å². The first-order chi connectivity index (χ1) is 30.4. The molecule has 13 rings (SSSR count). The molecule has 0 radical (unpaired) electrons. The number of rotatable bonds is 8. The molecule has 0 unspecified atom stereocenters. The van der Waals surface area contributed by atoms with Crippen molar-refractivity contribution in [2.75, 3.05) is 4.90 Å². The van der Waals surface area contributed by atoms with Crippen molar-refractivity contribution in [1.82, 2.24) is 0 Å². The average molecular weight is 802 g/mol. The minimum atomic E-state index is -0.503. The van der Waals surface area contributed by atoms with Gasteiger partial charge < -0.3 is 4.90 Å². The summed E-state index contributed by atoms with van der Waals surface area (Å²) in [5.41, 5.74) is 18.3. The predicted molar refractivity (Wildman–Crippen MR) is 260 cm³/mol. The summed E-state index contributed by atoms with van der Waals surface area (Å²) in [6, 6.07) is 69.8. The highest BCUT2D eigenvalue weighted by molar-refractivity contribution is 6.00. The van der Waals surface area contributed by atoms with Gasteiger partial charge >= 0.3 is 0 Å². The molecule has 5 aliphatic rings. The summed E-state index contributed by atoms with van der Waals surface area (Å²) in [7, 11) is 0. The van der Waals surface area contributed by atoms with Crippen molar-refractivity contribution in [2.45, 2.75) is 76.0 Å². The Bertz CT molecular complexity index is 2920. The molecule has 4 fully saturated rings. The third kappa shape index (κ3) is 5.66. The molecule has 0 amide bonds. The second kappa shape index (κ2) is 14.5. The molecule has 0 saturated heterocycles. The van der Waals surface area contributed by atoms with Gasteiger partial charge in [-0.2, -0.15) is 0 Å². The second-order valence-electron chi connectivity index (χ2n) is 19.7. The summed E-state index contributed by atoms with van der Waals surface area (Å²) in [5, 5.41) is 2.53. The Labute approximate surface area is 368 Å². The lowest BCUT2D eigenvalue weighted by Gasteiger charge is -2.57. The van der Waals surface area contributed by atoms with Crippen LogP contribution in [-0.2, 0) is 10.8 Å². The smallest absolute Gasteiger partial charge is 0.0714 e. The zero-order chi connectivity index (χ0) is 41.6. The van der Waals surface area contributed by atoms with E-state index in [4.69, 9.17) is 0 Å². The average Bonchev–Trinajstić information content (AvgIpc) is 3.60. The van der Waals surface area contributed by atoms with Gasteiger partial charge in [-0.1, -0.05) is 166 Å². The summed E-state index contributed by atoms with van der Waals surface area (Å²) >= 11 is 0. The van der Waals surface area contributed by atoms with Crippen LogP contribution in [0.4, 0.5) is 17.1 Å². The van der Waals surface area contributed by atoms with E-state index in [2.05, 4.69) is 208 Å². The summed E-state index contributed by atoms with van der Waals surface area (Å²) < 4.78 is 0. The Balaban J connectivity index is 1.19. The van der Waals surface area contributed by atoms with E-state index in [1.165, 1.54) is 122 Å². The minimum Gasteiger partial charge on any atom is -0.310 e. The first-order valence-electron chi connectivity index (χ1n) is 23.3. The Kier molecular flexibility index (Phi) is 8.76. The Morgan fingerprint density at radius 2 is 1.05 bits per heavy atom. The van der Waals surface area contributed by atoms with E-state index in [0.717, 1.165) is 17.8 Å².